The van der Waals surface area contributed by atoms with Crippen molar-refractivity contribution in [2.75, 3.05) is 31.3 Å². The van der Waals surface area contributed by atoms with Crippen molar-refractivity contribution in [2.24, 2.45) is 0 Å². The maximum Gasteiger partial charge on any atom is 0.258 e. The minimum atomic E-state index is -0.348. The Labute approximate surface area is 169 Å². The summed E-state index contributed by atoms with van der Waals surface area (Å²) in [4.78, 5) is 29.5. The summed E-state index contributed by atoms with van der Waals surface area (Å²) in [6.45, 7) is 0.887. The smallest absolute Gasteiger partial charge is 0.258 e. The minimum Gasteiger partial charge on any atom is -0.383 e. The van der Waals surface area contributed by atoms with Crippen molar-refractivity contribution in [1.29, 1.82) is 0 Å². The van der Waals surface area contributed by atoms with Crippen LogP contribution < -0.4 is 10.6 Å². The molecule has 1 heterocycles. The van der Waals surface area contributed by atoms with E-state index in [9.17, 15) is 14.0 Å². The predicted octanol–water partition coefficient (Wildman–Crippen LogP) is 3.54. The van der Waals surface area contributed by atoms with E-state index in [4.69, 9.17) is 4.74 Å². The van der Waals surface area contributed by atoms with Crippen LogP contribution in [0.1, 0.15) is 10.4 Å². The van der Waals surface area contributed by atoms with Gasteiger partial charge in [-0.05, 0) is 30.3 Å². The lowest BCUT2D eigenvalue weighted by atomic mass is 10.2. The number of hydrogen-bond donors (Lipinski definition) is 2. The molecule has 3 rings (SSSR count). The first-order valence-electron chi connectivity index (χ1n) is 8.41. The number of ether oxygens (including phenoxy) is 1. The number of thioether (sulfide) groups is 1. The summed E-state index contributed by atoms with van der Waals surface area (Å²) in [6, 6.07) is 11.3. The lowest BCUT2D eigenvalue weighted by molar-refractivity contribution is -0.118. The van der Waals surface area contributed by atoms with Crippen LogP contribution in [-0.2, 0) is 9.53 Å². The number of carbonyl (C=O) groups excluding carboxylic acids is 2. The van der Waals surface area contributed by atoms with Crippen molar-refractivity contribution in [3.8, 4) is 0 Å². The van der Waals surface area contributed by atoms with Crippen LogP contribution in [0, 0.1) is 5.82 Å². The van der Waals surface area contributed by atoms with Crippen LogP contribution in [0.4, 0.5) is 9.52 Å². The number of fused-ring (bicyclic) bond motifs is 1. The fourth-order valence-electron chi connectivity index (χ4n) is 2.38. The number of nitrogens with one attached hydrogen (secondary N) is 2. The number of methoxy groups -OCH3 is 1. The van der Waals surface area contributed by atoms with E-state index in [0.29, 0.717) is 39.0 Å². The molecular weight excluding hydrogens is 401 g/mol. The van der Waals surface area contributed by atoms with Gasteiger partial charge in [-0.3, -0.25) is 14.9 Å². The molecule has 0 aliphatic carbocycles. The van der Waals surface area contributed by atoms with E-state index in [1.807, 2.05) is 6.07 Å². The molecule has 0 saturated carbocycles. The van der Waals surface area contributed by atoms with Gasteiger partial charge in [0.2, 0.25) is 5.91 Å². The molecule has 0 atom stereocenters. The highest BCUT2D eigenvalue weighted by Crippen LogP contribution is 2.28. The van der Waals surface area contributed by atoms with Gasteiger partial charge in [0, 0.05) is 18.6 Å². The summed E-state index contributed by atoms with van der Waals surface area (Å²) >= 11 is 2.48. The highest BCUT2D eigenvalue weighted by Gasteiger charge is 2.15. The van der Waals surface area contributed by atoms with E-state index < -0.39 is 0 Å². The van der Waals surface area contributed by atoms with Gasteiger partial charge in [-0.1, -0.05) is 23.5 Å². The molecule has 1 aromatic heterocycles. The number of halogens is 1. The number of benzene rings is 2. The Bertz CT molecular complexity index is 993. The van der Waals surface area contributed by atoms with Crippen molar-refractivity contribution in [3.63, 3.8) is 0 Å². The van der Waals surface area contributed by atoms with E-state index in [1.165, 1.54) is 35.2 Å². The van der Waals surface area contributed by atoms with E-state index in [-0.39, 0.29) is 23.4 Å². The monoisotopic (exact) mass is 419 g/mol. The molecular formula is C19H18FN3O3S2. The Morgan fingerprint density at radius 2 is 2.07 bits per heavy atom. The maximum absolute atomic E-state index is 13.3. The number of hydrogen-bond acceptors (Lipinski definition) is 6. The van der Waals surface area contributed by atoms with Gasteiger partial charge in [-0.15, -0.1) is 11.8 Å². The van der Waals surface area contributed by atoms with Crippen molar-refractivity contribution in [1.82, 2.24) is 10.3 Å². The molecule has 0 spiro atoms. The van der Waals surface area contributed by atoms with E-state index in [2.05, 4.69) is 15.6 Å². The Hall–Kier alpha value is -2.49. The molecule has 3 aromatic rings. The molecule has 2 aromatic carbocycles. The lowest BCUT2D eigenvalue weighted by Crippen LogP contribution is -2.28. The van der Waals surface area contributed by atoms with Crippen LogP contribution in [-0.4, -0.2) is 42.8 Å². The van der Waals surface area contributed by atoms with Crippen LogP contribution in [0.2, 0.25) is 0 Å². The number of rotatable bonds is 8. The third-order valence-corrected chi connectivity index (χ3v) is 5.70. The van der Waals surface area contributed by atoms with Gasteiger partial charge >= 0.3 is 0 Å². The Morgan fingerprint density at radius 1 is 1.25 bits per heavy atom. The number of aromatic nitrogens is 1. The second kappa shape index (κ2) is 9.63. The number of nitrogens with zero attached hydrogens (tertiary/aromatic N) is 1. The lowest BCUT2D eigenvalue weighted by Gasteiger charge is -2.09. The molecule has 0 saturated heterocycles. The molecule has 0 fully saturated rings. The third-order valence-electron chi connectivity index (χ3n) is 3.69. The first kappa shape index (κ1) is 20.2. The largest absolute Gasteiger partial charge is 0.383 e. The third kappa shape index (κ3) is 5.28. The summed E-state index contributed by atoms with van der Waals surface area (Å²) in [5.74, 6) is -0.624. The molecule has 9 heteroatoms. The molecule has 0 bridgehead atoms. The van der Waals surface area contributed by atoms with E-state index >= 15 is 0 Å². The zero-order chi connectivity index (χ0) is 19.9. The number of thiazole rings is 1. The zero-order valence-corrected chi connectivity index (χ0v) is 16.7. The van der Waals surface area contributed by atoms with Gasteiger partial charge in [-0.25, -0.2) is 9.37 Å². The summed E-state index contributed by atoms with van der Waals surface area (Å²) < 4.78 is 18.9. The van der Waals surface area contributed by atoms with Crippen LogP contribution >= 0.6 is 23.1 Å². The second-order valence-electron chi connectivity index (χ2n) is 5.71. The molecule has 0 aliphatic rings. The van der Waals surface area contributed by atoms with E-state index in [1.54, 1.807) is 31.4 Å². The van der Waals surface area contributed by atoms with E-state index in [0.717, 1.165) is 0 Å². The maximum atomic E-state index is 13.3. The molecule has 6 nitrogen and oxygen atoms in total. The van der Waals surface area contributed by atoms with Gasteiger partial charge in [0.25, 0.3) is 5.91 Å². The van der Waals surface area contributed by atoms with Crippen molar-refractivity contribution < 1.29 is 18.7 Å². The Kier molecular flexibility index (Phi) is 6.96. The summed E-state index contributed by atoms with van der Waals surface area (Å²) in [5, 5.41) is 5.88. The minimum absolute atomic E-state index is 0.134. The highest BCUT2D eigenvalue weighted by molar-refractivity contribution is 8.00. The van der Waals surface area contributed by atoms with Crippen molar-refractivity contribution >= 4 is 50.3 Å². The summed E-state index contributed by atoms with van der Waals surface area (Å²) in [5.41, 5.74) is 1.07. The fraction of sp³-hybridized carbons (Fsp3) is 0.211. The Balaban J connectivity index is 1.67. The van der Waals surface area contributed by atoms with Crippen molar-refractivity contribution in [3.05, 3.63) is 53.8 Å². The summed E-state index contributed by atoms with van der Waals surface area (Å²) in [7, 11) is 1.57. The standard InChI is InChI=1S/C19H18FN3O3S2/c1-26-9-8-21-17(24)11-27-15-5-3-2-4-13(15)18(25)23-19-22-14-7-6-12(20)10-16(14)28-19/h2-7,10H,8-9,11H2,1H3,(H,21,24)(H,22,23,25). The molecule has 0 unspecified atom stereocenters. The van der Waals surface area contributed by atoms with Gasteiger partial charge in [0.05, 0.1) is 28.1 Å². The van der Waals surface area contributed by atoms with Crippen LogP contribution in [0.15, 0.2) is 47.4 Å². The molecule has 146 valence electrons. The fourth-order valence-corrected chi connectivity index (χ4v) is 4.15. The normalized spacial score (nSPS) is 10.8. The van der Waals surface area contributed by atoms with Crippen LogP contribution in [0.5, 0.6) is 0 Å². The molecule has 2 amide bonds. The van der Waals surface area contributed by atoms with Crippen molar-refractivity contribution in [2.45, 2.75) is 4.90 Å². The second-order valence-corrected chi connectivity index (χ2v) is 7.76. The van der Waals surface area contributed by atoms with Gasteiger partial charge in [-0.2, -0.15) is 0 Å². The zero-order valence-electron chi connectivity index (χ0n) is 15.0. The molecule has 28 heavy (non-hydrogen) atoms. The quantitative estimate of drug-likeness (QED) is 0.431. The number of amides is 2. The first-order chi connectivity index (χ1) is 13.6. The molecule has 0 radical (unpaired) electrons. The van der Waals surface area contributed by atoms with Gasteiger partial charge in [0.15, 0.2) is 5.13 Å². The molecule has 0 aliphatic heterocycles. The predicted molar refractivity (Wildman–Crippen MR) is 110 cm³/mol. The highest BCUT2D eigenvalue weighted by atomic mass is 32.2. The first-order valence-corrected chi connectivity index (χ1v) is 10.2. The Morgan fingerprint density at radius 3 is 2.89 bits per heavy atom. The average Bonchev–Trinajstić information content (AvgIpc) is 3.08. The average molecular weight is 420 g/mol. The summed E-state index contributed by atoms with van der Waals surface area (Å²) in [6.07, 6.45) is 0. The number of carbonyl (C=O) groups is 2. The topological polar surface area (TPSA) is 80.3 Å². The van der Waals surface area contributed by atoms with Crippen LogP contribution in [0.25, 0.3) is 10.2 Å². The SMILES string of the molecule is COCCNC(=O)CSc1ccccc1C(=O)Nc1nc2ccc(F)cc2s1. The molecule has 2 N–H and O–H groups in total. The van der Waals surface area contributed by atoms with Gasteiger partial charge < -0.3 is 10.1 Å². The van der Waals surface area contributed by atoms with Crippen LogP contribution in [0.3, 0.4) is 0 Å². The van der Waals surface area contributed by atoms with Gasteiger partial charge in [0.1, 0.15) is 5.82 Å². The number of anilines is 1.